The zero-order valence-electron chi connectivity index (χ0n) is 9.05. The molecule has 0 saturated heterocycles. The lowest BCUT2D eigenvalue weighted by Crippen LogP contribution is -2.05. The normalized spacial score (nSPS) is 10.2. The molecule has 88 valence electrons. The van der Waals surface area contributed by atoms with Crippen molar-refractivity contribution in [3.63, 3.8) is 0 Å². The molecule has 0 amide bonds. The van der Waals surface area contributed by atoms with Crippen molar-refractivity contribution in [3.8, 4) is 5.75 Å². The lowest BCUT2D eigenvalue weighted by molar-refractivity contribution is 0.0986. The lowest BCUT2D eigenvalue weighted by atomic mass is 10.1. The molecule has 0 aromatic heterocycles. The Balaban J connectivity index is 3.02. The van der Waals surface area contributed by atoms with Crippen molar-refractivity contribution in [1.29, 1.82) is 0 Å². The molecule has 0 heterocycles. The summed E-state index contributed by atoms with van der Waals surface area (Å²) in [5, 5.41) is 0. The summed E-state index contributed by atoms with van der Waals surface area (Å²) < 4.78 is 30.7. The highest BCUT2D eigenvalue weighted by Gasteiger charge is 2.16. The lowest BCUT2D eigenvalue weighted by Gasteiger charge is -2.07. The van der Waals surface area contributed by atoms with E-state index in [9.17, 15) is 13.6 Å². The fraction of sp³-hybridized carbons (Fsp3) is 0.364. The maximum atomic E-state index is 13.0. The van der Waals surface area contributed by atoms with Crippen molar-refractivity contribution in [3.05, 3.63) is 29.3 Å². The Bertz CT molecular complexity index is 394. The van der Waals surface area contributed by atoms with E-state index >= 15 is 0 Å². The van der Waals surface area contributed by atoms with Crippen molar-refractivity contribution in [2.24, 2.45) is 0 Å². The second-order valence-electron chi connectivity index (χ2n) is 3.13. The highest BCUT2D eigenvalue weighted by molar-refractivity contribution is 7.98. The summed E-state index contributed by atoms with van der Waals surface area (Å²) in [5.41, 5.74) is 0.0930. The van der Waals surface area contributed by atoms with E-state index in [-0.39, 0.29) is 23.5 Å². The van der Waals surface area contributed by atoms with E-state index in [2.05, 4.69) is 0 Å². The highest BCUT2D eigenvalue weighted by Crippen LogP contribution is 2.23. The van der Waals surface area contributed by atoms with Gasteiger partial charge in [-0.3, -0.25) is 4.79 Å². The first-order valence-electron chi connectivity index (χ1n) is 4.65. The van der Waals surface area contributed by atoms with Crippen LogP contribution in [0.5, 0.6) is 5.75 Å². The fourth-order valence-corrected chi connectivity index (χ4v) is 1.63. The molecule has 1 rings (SSSR count). The van der Waals surface area contributed by atoms with Gasteiger partial charge in [-0.2, -0.15) is 11.8 Å². The van der Waals surface area contributed by atoms with Gasteiger partial charge in [-0.05, 0) is 12.3 Å². The van der Waals surface area contributed by atoms with E-state index in [1.807, 2.05) is 6.26 Å². The monoisotopic (exact) mass is 246 g/mol. The minimum atomic E-state index is -1.03. The van der Waals surface area contributed by atoms with Gasteiger partial charge in [-0.1, -0.05) is 0 Å². The zero-order valence-corrected chi connectivity index (χ0v) is 9.87. The summed E-state index contributed by atoms with van der Waals surface area (Å²) in [6, 6.07) is 1.78. The highest BCUT2D eigenvalue weighted by atomic mass is 32.2. The Morgan fingerprint density at radius 2 is 2.00 bits per heavy atom. The third-order valence-corrected chi connectivity index (χ3v) is 2.69. The maximum absolute atomic E-state index is 13.0. The van der Waals surface area contributed by atoms with Crippen LogP contribution in [0.1, 0.15) is 16.8 Å². The largest absolute Gasteiger partial charge is 0.496 e. The quantitative estimate of drug-likeness (QED) is 0.747. The van der Waals surface area contributed by atoms with Crippen LogP contribution in [0, 0.1) is 11.6 Å². The molecule has 0 spiro atoms. The Labute approximate surface area is 97.0 Å². The number of benzene rings is 1. The van der Waals surface area contributed by atoms with Crippen molar-refractivity contribution in [2.75, 3.05) is 19.1 Å². The SMILES string of the molecule is COc1cc(F)c(F)cc1C(=O)CCSC. The topological polar surface area (TPSA) is 26.3 Å². The van der Waals surface area contributed by atoms with E-state index < -0.39 is 11.6 Å². The molecule has 0 atom stereocenters. The molecule has 16 heavy (non-hydrogen) atoms. The van der Waals surface area contributed by atoms with Gasteiger partial charge in [0, 0.05) is 18.2 Å². The molecule has 0 unspecified atom stereocenters. The number of ether oxygens (including phenoxy) is 1. The first kappa shape index (κ1) is 13.0. The number of thioether (sulfide) groups is 1. The summed E-state index contributed by atoms with van der Waals surface area (Å²) >= 11 is 1.52. The van der Waals surface area contributed by atoms with Crippen molar-refractivity contribution in [1.82, 2.24) is 0 Å². The van der Waals surface area contributed by atoms with Crippen LogP contribution in [0.4, 0.5) is 8.78 Å². The molecule has 1 aromatic carbocycles. The molecule has 0 N–H and O–H groups in total. The average Bonchev–Trinajstić information content (AvgIpc) is 2.28. The number of methoxy groups -OCH3 is 1. The molecule has 0 bridgehead atoms. The van der Waals surface area contributed by atoms with Crippen LogP contribution < -0.4 is 4.74 Å². The molecule has 5 heteroatoms. The molecule has 0 saturated carbocycles. The van der Waals surface area contributed by atoms with Crippen LogP contribution in [0.3, 0.4) is 0 Å². The van der Waals surface area contributed by atoms with Gasteiger partial charge in [0.1, 0.15) is 5.75 Å². The van der Waals surface area contributed by atoms with Crippen molar-refractivity contribution < 1.29 is 18.3 Å². The zero-order chi connectivity index (χ0) is 12.1. The van der Waals surface area contributed by atoms with Gasteiger partial charge in [-0.25, -0.2) is 8.78 Å². The minimum Gasteiger partial charge on any atom is -0.496 e. The van der Waals surface area contributed by atoms with Crippen molar-refractivity contribution in [2.45, 2.75) is 6.42 Å². The number of carbonyl (C=O) groups excluding carboxylic acids is 1. The summed E-state index contributed by atoms with van der Waals surface area (Å²) in [6.07, 6.45) is 2.15. The summed E-state index contributed by atoms with van der Waals surface area (Å²) in [7, 11) is 1.32. The van der Waals surface area contributed by atoms with E-state index in [1.165, 1.54) is 18.9 Å². The Hall–Kier alpha value is -1.10. The molecule has 0 fully saturated rings. The van der Waals surface area contributed by atoms with Gasteiger partial charge < -0.3 is 4.74 Å². The van der Waals surface area contributed by atoms with E-state index in [1.54, 1.807) is 0 Å². The molecule has 2 nitrogen and oxygen atoms in total. The van der Waals surface area contributed by atoms with Gasteiger partial charge in [0.05, 0.1) is 12.7 Å². The van der Waals surface area contributed by atoms with E-state index in [0.717, 1.165) is 12.1 Å². The van der Waals surface area contributed by atoms with Gasteiger partial charge in [0.25, 0.3) is 0 Å². The molecule has 0 aliphatic rings. The Kier molecular flexibility index (Phi) is 4.73. The Morgan fingerprint density at radius 1 is 1.38 bits per heavy atom. The molecule has 0 aliphatic carbocycles. The number of hydrogen-bond donors (Lipinski definition) is 0. The van der Waals surface area contributed by atoms with Crippen LogP contribution in [0.2, 0.25) is 0 Å². The first-order valence-corrected chi connectivity index (χ1v) is 6.04. The minimum absolute atomic E-state index is 0.0741. The summed E-state index contributed by atoms with van der Waals surface area (Å²) in [5.74, 6) is -1.58. The number of carbonyl (C=O) groups is 1. The standard InChI is InChI=1S/C11H12F2O2S/c1-15-11-6-9(13)8(12)5-7(11)10(14)3-4-16-2/h5-6H,3-4H2,1-2H3. The molecular weight excluding hydrogens is 234 g/mol. The predicted octanol–water partition coefficient (Wildman–Crippen LogP) is 2.91. The first-order chi connectivity index (χ1) is 7.60. The van der Waals surface area contributed by atoms with Gasteiger partial charge >= 0.3 is 0 Å². The number of hydrogen-bond acceptors (Lipinski definition) is 3. The summed E-state index contributed by atoms with van der Waals surface area (Å²) in [4.78, 5) is 11.7. The van der Waals surface area contributed by atoms with Gasteiger partial charge in [0.15, 0.2) is 17.4 Å². The molecule has 1 aromatic rings. The van der Waals surface area contributed by atoms with Crippen LogP contribution in [0.15, 0.2) is 12.1 Å². The molecule has 0 aliphatic heterocycles. The second kappa shape index (κ2) is 5.84. The Morgan fingerprint density at radius 3 is 2.56 bits per heavy atom. The molecule has 0 radical (unpaired) electrons. The average molecular weight is 246 g/mol. The summed E-state index contributed by atoms with van der Waals surface area (Å²) in [6.45, 7) is 0. The van der Waals surface area contributed by atoms with E-state index in [0.29, 0.717) is 5.75 Å². The third kappa shape index (κ3) is 2.95. The van der Waals surface area contributed by atoms with Gasteiger partial charge in [-0.15, -0.1) is 0 Å². The van der Waals surface area contributed by atoms with Crippen LogP contribution >= 0.6 is 11.8 Å². The molecular formula is C11H12F2O2S. The number of ketones is 1. The van der Waals surface area contributed by atoms with E-state index in [4.69, 9.17) is 4.74 Å². The maximum Gasteiger partial charge on any atom is 0.167 e. The third-order valence-electron chi connectivity index (χ3n) is 2.08. The smallest absolute Gasteiger partial charge is 0.167 e. The van der Waals surface area contributed by atoms with Gasteiger partial charge in [0.2, 0.25) is 0 Å². The van der Waals surface area contributed by atoms with Crippen LogP contribution in [0.25, 0.3) is 0 Å². The van der Waals surface area contributed by atoms with Crippen molar-refractivity contribution >= 4 is 17.5 Å². The fourth-order valence-electron chi connectivity index (χ4n) is 1.24. The second-order valence-corrected chi connectivity index (χ2v) is 4.12. The number of Topliss-reactive ketones (excluding diaryl/α,β-unsaturated/α-hetero) is 1. The predicted molar refractivity (Wildman–Crippen MR) is 60.2 cm³/mol. The van der Waals surface area contributed by atoms with Crippen LogP contribution in [-0.2, 0) is 0 Å². The number of halogens is 2. The van der Waals surface area contributed by atoms with Crippen LogP contribution in [-0.4, -0.2) is 24.9 Å². The number of rotatable bonds is 5.